The van der Waals surface area contributed by atoms with Crippen molar-refractivity contribution in [2.24, 2.45) is 4.99 Å². The van der Waals surface area contributed by atoms with Crippen molar-refractivity contribution in [2.75, 3.05) is 18.0 Å². The van der Waals surface area contributed by atoms with Gasteiger partial charge in [-0.3, -0.25) is 9.80 Å². The maximum absolute atomic E-state index is 14.2. The fourth-order valence-corrected chi connectivity index (χ4v) is 6.04. The number of carbonyl (C=O) groups is 1. The van der Waals surface area contributed by atoms with E-state index in [2.05, 4.69) is 55.1 Å². The Hall–Kier alpha value is -2.47. The van der Waals surface area contributed by atoms with Crippen LogP contribution in [-0.4, -0.2) is 47.5 Å². The van der Waals surface area contributed by atoms with Crippen LogP contribution in [-0.2, 0) is 0 Å². The molecule has 1 saturated heterocycles. The Bertz CT molecular complexity index is 1020. The molecule has 36 heavy (non-hydrogen) atoms. The quantitative estimate of drug-likeness (QED) is 0.415. The Morgan fingerprint density at radius 2 is 1.97 bits per heavy atom. The van der Waals surface area contributed by atoms with Gasteiger partial charge in [-0.15, -0.1) is 0 Å². The average Bonchev–Trinajstić information content (AvgIpc) is 3.09. The summed E-state index contributed by atoms with van der Waals surface area (Å²) < 4.78 is 14.2. The zero-order valence-electron chi connectivity index (χ0n) is 22.5. The van der Waals surface area contributed by atoms with Crippen LogP contribution in [0.2, 0.25) is 0 Å². The lowest BCUT2D eigenvalue weighted by Crippen LogP contribution is -2.64. The number of carbonyl (C=O) groups excluding carboxylic acids is 1. The van der Waals surface area contributed by atoms with Gasteiger partial charge in [0.05, 0.1) is 0 Å². The Kier molecular flexibility index (Phi) is 8.66. The summed E-state index contributed by atoms with van der Waals surface area (Å²) in [6.07, 6.45) is 14.3. The van der Waals surface area contributed by atoms with Crippen LogP contribution in [0.5, 0.6) is 0 Å². The third kappa shape index (κ3) is 6.08. The fraction of sp³-hybridized carbons (Fsp3) is 0.600. The molecule has 5 nitrogen and oxygen atoms in total. The van der Waals surface area contributed by atoms with Crippen molar-refractivity contribution in [2.45, 2.75) is 103 Å². The monoisotopic (exact) mass is 494 g/mol. The summed E-state index contributed by atoms with van der Waals surface area (Å²) in [5, 5.41) is 3.70. The van der Waals surface area contributed by atoms with Gasteiger partial charge in [0.15, 0.2) is 0 Å². The molecular weight excluding hydrogens is 451 g/mol. The summed E-state index contributed by atoms with van der Waals surface area (Å²) >= 11 is 0. The Morgan fingerprint density at radius 1 is 1.19 bits per heavy atom. The molecule has 1 aromatic rings. The van der Waals surface area contributed by atoms with Crippen molar-refractivity contribution in [1.82, 2.24) is 10.2 Å². The van der Waals surface area contributed by atoms with Crippen LogP contribution in [0.25, 0.3) is 0 Å². The van der Waals surface area contributed by atoms with Crippen LogP contribution in [0.3, 0.4) is 0 Å². The number of aliphatic imine (C=N–C) groups is 1. The van der Waals surface area contributed by atoms with Gasteiger partial charge in [-0.05, 0) is 84.4 Å². The molecule has 196 valence electrons. The van der Waals surface area contributed by atoms with E-state index in [1.54, 1.807) is 11.0 Å². The van der Waals surface area contributed by atoms with Gasteiger partial charge in [0.2, 0.25) is 0 Å². The van der Waals surface area contributed by atoms with Crippen LogP contribution < -0.4 is 10.2 Å². The van der Waals surface area contributed by atoms with E-state index in [9.17, 15) is 9.18 Å². The summed E-state index contributed by atoms with van der Waals surface area (Å²) in [7, 11) is 0. The number of amidine groups is 1. The molecule has 1 saturated carbocycles. The lowest BCUT2D eigenvalue weighted by atomic mass is 9.80. The van der Waals surface area contributed by atoms with E-state index in [0.29, 0.717) is 11.7 Å². The number of halogens is 1. The average molecular weight is 495 g/mol. The standard InChI is InChI=1S/C30H43FN4O/c1-22(2)10-8-11-23(3)16-18-34-19-17-30(21-24(34)4)28(32-26-13-6-5-7-14-26)33-29(36)35(30)27-15-9-12-25(31)20-27/h9-10,12,15-16,20,24,26H,5-8,11,13-14,17-19,21H2,1-4H3,(H,32,33,36)/b23-16+/t24-,30+/m0/s1. The third-order valence-corrected chi connectivity index (χ3v) is 8.11. The van der Waals surface area contributed by atoms with Crippen LogP contribution in [0.1, 0.15) is 85.5 Å². The summed E-state index contributed by atoms with van der Waals surface area (Å²) in [6, 6.07) is 6.74. The number of allylic oxidation sites excluding steroid dienone is 3. The van der Waals surface area contributed by atoms with E-state index >= 15 is 0 Å². The molecule has 1 aromatic carbocycles. The number of likely N-dealkylation sites (tertiary alicyclic amines) is 1. The summed E-state index contributed by atoms with van der Waals surface area (Å²) in [4.78, 5) is 22.1. The molecule has 2 atom stereocenters. The number of benzene rings is 1. The van der Waals surface area contributed by atoms with Gasteiger partial charge in [0, 0.05) is 30.9 Å². The number of urea groups is 1. The van der Waals surface area contributed by atoms with Crippen molar-refractivity contribution >= 4 is 17.6 Å². The predicted octanol–water partition coefficient (Wildman–Crippen LogP) is 7.00. The molecule has 1 aliphatic carbocycles. The van der Waals surface area contributed by atoms with Crippen LogP contribution in [0, 0.1) is 5.82 Å². The van der Waals surface area contributed by atoms with Crippen molar-refractivity contribution in [3.63, 3.8) is 0 Å². The molecule has 1 spiro atoms. The summed E-state index contributed by atoms with van der Waals surface area (Å²) in [5.74, 6) is 0.465. The molecule has 1 N–H and O–H groups in total. The number of piperidine rings is 1. The van der Waals surface area contributed by atoms with Gasteiger partial charge in [-0.25, -0.2) is 9.18 Å². The first kappa shape index (κ1) is 26.6. The smallest absolute Gasteiger partial charge is 0.350 e. The highest BCUT2D eigenvalue weighted by Crippen LogP contribution is 2.41. The van der Waals surface area contributed by atoms with Gasteiger partial charge in [0.1, 0.15) is 17.2 Å². The lowest BCUT2D eigenvalue weighted by Gasteiger charge is -2.48. The number of hydrogen-bond donors (Lipinski definition) is 1. The number of rotatable bonds is 7. The Morgan fingerprint density at radius 3 is 2.67 bits per heavy atom. The molecule has 4 rings (SSSR count). The topological polar surface area (TPSA) is 47.9 Å². The minimum atomic E-state index is -0.555. The number of amides is 2. The second kappa shape index (κ2) is 11.7. The van der Waals surface area contributed by atoms with Crippen molar-refractivity contribution in [3.05, 3.63) is 53.4 Å². The highest BCUT2D eigenvalue weighted by Gasteiger charge is 2.53. The van der Waals surface area contributed by atoms with Gasteiger partial charge in [0.25, 0.3) is 0 Å². The molecule has 3 aliphatic rings. The highest BCUT2D eigenvalue weighted by atomic mass is 19.1. The van der Waals surface area contributed by atoms with Gasteiger partial charge in [-0.1, -0.05) is 48.6 Å². The van der Waals surface area contributed by atoms with Crippen LogP contribution in [0.15, 0.2) is 52.6 Å². The van der Waals surface area contributed by atoms with Crippen molar-refractivity contribution in [1.29, 1.82) is 0 Å². The van der Waals surface area contributed by atoms with Gasteiger partial charge in [-0.2, -0.15) is 4.99 Å². The van der Waals surface area contributed by atoms with E-state index in [4.69, 9.17) is 0 Å². The van der Waals surface area contributed by atoms with Gasteiger partial charge >= 0.3 is 6.03 Å². The second-order valence-corrected chi connectivity index (χ2v) is 11.2. The van der Waals surface area contributed by atoms with E-state index in [1.165, 1.54) is 42.5 Å². The largest absolute Gasteiger partial charge is 0.369 e. The molecule has 2 heterocycles. The molecule has 2 aliphatic heterocycles. The number of anilines is 1. The Labute approximate surface area is 216 Å². The maximum atomic E-state index is 14.2. The highest BCUT2D eigenvalue weighted by molar-refractivity contribution is 6.16. The van der Waals surface area contributed by atoms with E-state index in [-0.39, 0.29) is 17.9 Å². The maximum Gasteiger partial charge on any atom is 0.350 e. The van der Waals surface area contributed by atoms with E-state index in [0.717, 1.165) is 57.5 Å². The molecule has 2 fully saturated rings. The molecule has 6 heteroatoms. The summed E-state index contributed by atoms with van der Waals surface area (Å²) in [6.45, 7) is 10.5. The first-order chi connectivity index (χ1) is 17.3. The summed E-state index contributed by atoms with van der Waals surface area (Å²) in [5.41, 5.74) is 2.82. The molecular formula is C30H43FN4O. The second-order valence-electron chi connectivity index (χ2n) is 11.2. The first-order valence-electron chi connectivity index (χ1n) is 13.8. The lowest BCUT2D eigenvalue weighted by molar-refractivity contribution is 0.143. The molecule has 0 aromatic heterocycles. The van der Waals surface area contributed by atoms with Gasteiger partial charge < -0.3 is 5.32 Å². The zero-order valence-corrected chi connectivity index (χ0v) is 22.5. The van der Waals surface area contributed by atoms with Crippen LogP contribution >= 0.6 is 0 Å². The molecule has 0 unspecified atom stereocenters. The molecule has 0 bridgehead atoms. The van der Waals surface area contributed by atoms with Crippen molar-refractivity contribution in [3.8, 4) is 0 Å². The minimum absolute atomic E-state index is 0.265. The fourth-order valence-electron chi connectivity index (χ4n) is 6.04. The van der Waals surface area contributed by atoms with Crippen LogP contribution in [0.4, 0.5) is 14.9 Å². The number of nitrogens with one attached hydrogen (secondary N) is 1. The zero-order chi connectivity index (χ0) is 25.7. The number of nitrogens with zero attached hydrogens (tertiary/aromatic N) is 3. The SMILES string of the molecule is CC(C)=CCC/C(C)=C/CN1CC[C@@]2(C[C@@H]1C)C(NC1CCCCC1)=NC(=O)N2c1cccc(F)c1. The third-order valence-electron chi connectivity index (χ3n) is 8.11. The molecule has 2 amide bonds. The van der Waals surface area contributed by atoms with E-state index < -0.39 is 5.54 Å². The minimum Gasteiger partial charge on any atom is -0.369 e. The molecule has 0 radical (unpaired) electrons. The normalized spacial score (nSPS) is 25.9. The Balaban J connectivity index is 1.53. The van der Waals surface area contributed by atoms with E-state index in [1.807, 2.05) is 6.07 Å². The first-order valence-corrected chi connectivity index (χ1v) is 13.8. The van der Waals surface area contributed by atoms with Crippen molar-refractivity contribution < 1.29 is 9.18 Å². The predicted molar refractivity (Wildman–Crippen MR) is 147 cm³/mol. The number of hydrogen-bond acceptors (Lipinski definition) is 3.